The van der Waals surface area contributed by atoms with Gasteiger partial charge in [-0.1, -0.05) is 17.3 Å². The SMILES string of the molecule is CC(NC(=O)C1CNC(=O)N1)c1ccc(-n2cc(C(N)=O)nn2)cc1. The Morgan fingerprint density at radius 3 is 2.64 bits per heavy atom. The molecule has 1 aliphatic heterocycles. The van der Waals surface area contributed by atoms with E-state index in [-0.39, 0.29) is 30.2 Å². The van der Waals surface area contributed by atoms with Crippen LogP contribution in [0.5, 0.6) is 0 Å². The van der Waals surface area contributed by atoms with Gasteiger partial charge >= 0.3 is 6.03 Å². The zero-order chi connectivity index (χ0) is 18.0. The standard InChI is InChI=1S/C15H17N7O3/c1-8(18-14(24)11-6-17-15(25)19-11)9-2-4-10(5-3-9)22-7-12(13(16)23)20-21-22/h2-5,7-8,11H,6H2,1H3,(H2,16,23)(H,18,24)(H2,17,19,25). The molecule has 0 radical (unpaired) electrons. The van der Waals surface area contributed by atoms with Crippen molar-refractivity contribution in [2.75, 3.05) is 6.54 Å². The molecule has 1 aliphatic rings. The average Bonchev–Trinajstić information content (AvgIpc) is 3.24. The summed E-state index contributed by atoms with van der Waals surface area (Å²) in [5.41, 5.74) is 6.81. The molecule has 10 nitrogen and oxygen atoms in total. The highest BCUT2D eigenvalue weighted by Gasteiger charge is 2.27. The topological polar surface area (TPSA) is 144 Å². The van der Waals surface area contributed by atoms with Gasteiger partial charge in [-0.15, -0.1) is 5.10 Å². The van der Waals surface area contributed by atoms with Gasteiger partial charge in [-0.2, -0.15) is 0 Å². The highest BCUT2D eigenvalue weighted by atomic mass is 16.2. The van der Waals surface area contributed by atoms with Gasteiger partial charge in [-0.3, -0.25) is 9.59 Å². The molecular weight excluding hydrogens is 326 g/mol. The molecule has 130 valence electrons. The number of primary amides is 1. The summed E-state index contributed by atoms with van der Waals surface area (Å²) in [6, 6.07) is 6.08. The molecule has 4 amide bonds. The van der Waals surface area contributed by atoms with Crippen LogP contribution in [-0.2, 0) is 4.79 Å². The smallest absolute Gasteiger partial charge is 0.315 e. The van der Waals surface area contributed by atoms with Crippen LogP contribution in [0.4, 0.5) is 4.79 Å². The molecule has 1 fully saturated rings. The van der Waals surface area contributed by atoms with Crippen molar-refractivity contribution in [3.8, 4) is 5.69 Å². The third kappa shape index (κ3) is 3.57. The molecule has 1 aromatic heterocycles. The Balaban J connectivity index is 1.65. The lowest BCUT2D eigenvalue weighted by atomic mass is 10.1. The highest BCUT2D eigenvalue weighted by Crippen LogP contribution is 2.16. The van der Waals surface area contributed by atoms with E-state index in [9.17, 15) is 14.4 Å². The van der Waals surface area contributed by atoms with E-state index < -0.39 is 11.9 Å². The van der Waals surface area contributed by atoms with Crippen LogP contribution in [0.1, 0.15) is 29.0 Å². The molecule has 0 bridgehead atoms. The number of nitrogens with one attached hydrogen (secondary N) is 3. The third-order valence-corrected chi connectivity index (χ3v) is 3.85. The normalized spacial score (nSPS) is 17.5. The van der Waals surface area contributed by atoms with Gasteiger partial charge in [0.1, 0.15) is 6.04 Å². The van der Waals surface area contributed by atoms with Gasteiger partial charge in [0.05, 0.1) is 17.9 Å². The van der Waals surface area contributed by atoms with Crippen LogP contribution in [0.2, 0.25) is 0 Å². The number of hydrogen-bond donors (Lipinski definition) is 4. The number of hydrogen-bond acceptors (Lipinski definition) is 5. The van der Waals surface area contributed by atoms with Crippen molar-refractivity contribution in [3.63, 3.8) is 0 Å². The monoisotopic (exact) mass is 343 g/mol. The third-order valence-electron chi connectivity index (χ3n) is 3.85. The molecule has 1 aromatic carbocycles. The van der Waals surface area contributed by atoms with E-state index in [1.807, 2.05) is 19.1 Å². The second-order valence-corrected chi connectivity index (χ2v) is 5.64. The van der Waals surface area contributed by atoms with Gasteiger partial charge in [-0.05, 0) is 24.6 Å². The summed E-state index contributed by atoms with van der Waals surface area (Å²) in [7, 11) is 0. The fourth-order valence-electron chi connectivity index (χ4n) is 2.43. The molecule has 2 unspecified atom stereocenters. The molecule has 0 aliphatic carbocycles. The number of urea groups is 1. The first kappa shape index (κ1) is 16.4. The van der Waals surface area contributed by atoms with Crippen molar-refractivity contribution in [2.45, 2.75) is 19.0 Å². The van der Waals surface area contributed by atoms with Crippen LogP contribution in [0.15, 0.2) is 30.5 Å². The minimum atomic E-state index is -0.646. The van der Waals surface area contributed by atoms with Crippen molar-refractivity contribution in [3.05, 3.63) is 41.7 Å². The predicted molar refractivity (Wildman–Crippen MR) is 86.8 cm³/mol. The molecule has 25 heavy (non-hydrogen) atoms. The first-order valence-corrected chi connectivity index (χ1v) is 7.61. The molecule has 0 spiro atoms. The van der Waals surface area contributed by atoms with E-state index in [0.29, 0.717) is 5.69 Å². The summed E-state index contributed by atoms with van der Waals surface area (Å²) >= 11 is 0. The Morgan fingerprint density at radius 1 is 1.36 bits per heavy atom. The molecule has 2 heterocycles. The molecule has 2 atom stereocenters. The Labute approximate surface area is 142 Å². The van der Waals surface area contributed by atoms with Gasteiger partial charge in [-0.25, -0.2) is 9.48 Å². The summed E-state index contributed by atoms with van der Waals surface area (Å²) < 4.78 is 1.44. The molecule has 5 N–H and O–H groups in total. The van der Waals surface area contributed by atoms with Crippen molar-refractivity contribution >= 4 is 17.8 Å². The fourth-order valence-corrected chi connectivity index (χ4v) is 2.43. The second-order valence-electron chi connectivity index (χ2n) is 5.64. The molecular formula is C15H17N7O3. The summed E-state index contributed by atoms with van der Waals surface area (Å²) in [6.45, 7) is 2.11. The van der Waals surface area contributed by atoms with Gasteiger partial charge in [0.15, 0.2) is 5.69 Å². The summed E-state index contributed by atoms with van der Waals surface area (Å²) in [5.74, 6) is -0.898. The maximum atomic E-state index is 12.1. The van der Waals surface area contributed by atoms with Gasteiger partial charge in [0.25, 0.3) is 5.91 Å². The number of rotatable bonds is 5. The minimum absolute atomic E-state index is 0.0805. The Hall–Kier alpha value is -3.43. The van der Waals surface area contributed by atoms with Crippen LogP contribution < -0.4 is 21.7 Å². The number of nitrogens with zero attached hydrogens (tertiary/aromatic N) is 3. The lowest BCUT2D eigenvalue weighted by molar-refractivity contribution is -0.123. The van der Waals surface area contributed by atoms with E-state index in [1.165, 1.54) is 10.9 Å². The number of amides is 4. The number of aromatic nitrogens is 3. The quantitative estimate of drug-likeness (QED) is 0.563. The average molecular weight is 343 g/mol. The largest absolute Gasteiger partial charge is 0.364 e. The van der Waals surface area contributed by atoms with E-state index in [2.05, 4.69) is 26.3 Å². The predicted octanol–water partition coefficient (Wildman–Crippen LogP) is -0.775. The van der Waals surface area contributed by atoms with Crippen molar-refractivity contribution in [2.24, 2.45) is 5.73 Å². The molecule has 3 rings (SSSR count). The first-order valence-electron chi connectivity index (χ1n) is 7.61. The Kier molecular flexibility index (Phi) is 4.33. The van der Waals surface area contributed by atoms with Crippen molar-refractivity contribution in [1.29, 1.82) is 0 Å². The van der Waals surface area contributed by atoms with Crippen LogP contribution in [0.3, 0.4) is 0 Å². The zero-order valence-corrected chi connectivity index (χ0v) is 13.4. The summed E-state index contributed by atoms with van der Waals surface area (Å²) in [6.07, 6.45) is 1.44. The van der Waals surface area contributed by atoms with Crippen molar-refractivity contribution < 1.29 is 14.4 Å². The van der Waals surface area contributed by atoms with Crippen molar-refractivity contribution in [1.82, 2.24) is 30.9 Å². The first-order chi connectivity index (χ1) is 11.9. The number of carbonyl (C=O) groups excluding carboxylic acids is 3. The lowest BCUT2D eigenvalue weighted by Gasteiger charge is -2.17. The van der Waals surface area contributed by atoms with Crippen LogP contribution in [0, 0.1) is 0 Å². The van der Waals surface area contributed by atoms with Crippen LogP contribution in [0.25, 0.3) is 5.69 Å². The molecule has 0 saturated carbocycles. The van der Waals surface area contributed by atoms with Gasteiger partial charge < -0.3 is 21.7 Å². The highest BCUT2D eigenvalue weighted by molar-refractivity contribution is 5.91. The lowest BCUT2D eigenvalue weighted by Crippen LogP contribution is -2.43. The van der Waals surface area contributed by atoms with Crippen LogP contribution >= 0.6 is 0 Å². The van der Waals surface area contributed by atoms with E-state index in [0.717, 1.165) is 5.56 Å². The molecule has 2 aromatic rings. The zero-order valence-electron chi connectivity index (χ0n) is 13.4. The summed E-state index contributed by atoms with van der Waals surface area (Å²) in [4.78, 5) is 34.2. The number of nitrogens with two attached hydrogens (primary N) is 1. The maximum Gasteiger partial charge on any atom is 0.315 e. The molecule has 10 heteroatoms. The fraction of sp³-hybridized carbons (Fsp3) is 0.267. The second kappa shape index (κ2) is 6.59. The van der Waals surface area contributed by atoms with E-state index in [1.54, 1.807) is 12.1 Å². The van der Waals surface area contributed by atoms with Crippen LogP contribution in [-0.4, -0.2) is 45.4 Å². The van der Waals surface area contributed by atoms with Gasteiger partial charge in [0.2, 0.25) is 5.91 Å². The number of benzene rings is 1. The summed E-state index contributed by atoms with van der Waals surface area (Å²) in [5, 5.41) is 15.4. The minimum Gasteiger partial charge on any atom is -0.364 e. The van der Waals surface area contributed by atoms with Gasteiger partial charge in [0, 0.05) is 6.54 Å². The number of carbonyl (C=O) groups is 3. The van der Waals surface area contributed by atoms with E-state index in [4.69, 9.17) is 5.73 Å². The molecule has 1 saturated heterocycles. The van der Waals surface area contributed by atoms with E-state index >= 15 is 0 Å². The Bertz CT molecular complexity index is 815. The maximum absolute atomic E-state index is 12.1. The Morgan fingerprint density at radius 2 is 2.08 bits per heavy atom.